The molecule has 0 radical (unpaired) electrons. The summed E-state index contributed by atoms with van der Waals surface area (Å²) >= 11 is 0. The summed E-state index contributed by atoms with van der Waals surface area (Å²) in [5, 5.41) is 9.25. The van der Waals surface area contributed by atoms with Crippen LogP contribution in [0.15, 0.2) is 205 Å². The summed E-state index contributed by atoms with van der Waals surface area (Å²) in [5.41, 5.74) is 11.7. The molecule has 0 atom stereocenters. The highest BCUT2D eigenvalue weighted by Gasteiger charge is 2.18. The van der Waals surface area contributed by atoms with E-state index in [4.69, 9.17) is 4.42 Å². The molecule has 0 saturated heterocycles. The van der Waals surface area contributed by atoms with E-state index in [1.54, 1.807) is 0 Å². The zero-order valence-electron chi connectivity index (χ0n) is 30.3. The number of nitrogens with zero attached hydrogens (tertiary/aromatic N) is 3. The molecule has 12 aromatic rings. The second kappa shape index (κ2) is 12.0. The minimum Gasteiger partial charge on any atom is -0.456 e. The topological polar surface area (TPSA) is 27.9 Å². The fourth-order valence-corrected chi connectivity index (χ4v) is 8.96. The average Bonchev–Trinajstić information content (AvgIpc) is 3.80. The third-order valence-electron chi connectivity index (χ3n) is 11.4. The van der Waals surface area contributed by atoms with Crippen LogP contribution in [0.4, 0.5) is 0 Å². The first-order valence-corrected chi connectivity index (χ1v) is 19.1. The van der Waals surface area contributed by atoms with Gasteiger partial charge in [0, 0.05) is 54.7 Å². The van der Waals surface area contributed by atoms with E-state index in [9.17, 15) is 0 Å². The monoisotopic (exact) mass is 715 g/mol. The van der Waals surface area contributed by atoms with Gasteiger partial charge in [0.1, 0.15) is 11.2 Å². The smallest absolute Gasteiger partial charge is 0.135 e. The lowest BCUT2D eigenvalue weighted by atomic mass is 10.1. The van der Waals surface area contributed by atoms with Gasteiger partial charge >= 0.3 is 0 Å². The highest BCUT2D eigenvalue weighted by molar-refractivity contribution is 6.13. The maximum atomic E-state index is 6.57. The van der Waals surface area contributed by atoms with Gasteiger partial charge in [-0.15, -0.1) is 0 Å². The summed E-state index contributed by atoms with van der Waals surface area (Å²) in [4.78, 5) is 0. The summed E-state index contributed by atoms with van der Waals surface area (Å²) in [6.45, 7) is 0. The van der Waals surface area contributed by atoms with E-state index in [0.717, 1.165) is 77.4 Å². The van der Waals surface area contributed by atoms with Crippen molar-refractivity contribution in [1.82, 2.24) is 13.7 Å². The molecule has 0 amide bonds. The maximum absolute atomic E-state index is 6.57. The van der Waals surface area contributed by atoms with Crippen LogP contribution >= 0.6 is 0 Å². The Balaban J connectivity index is 1.28. The normalized spacial score (nSPS) is 11.9. The quantitative estimate of drug-likeness (QED) is 0.179. The first-order chi connectivity index (χ1) is 27.8. The van der Waals surface area contributed by atoms with E-state index in [2.05, 4.69) is 214 Å². The van der Waals surface area contributed by atoms with Gasteiger partial charge in [0.05, 0.1) is 22.4 Å². The van der Waals surface area contributed by atoms with Crippen LogP contribution < -0.4 is 0 Å². The number of para-hydroxylation sites is 3. The van der Waals surface area contributed by atoms with Crippen molar-refractivity contribution in [2.45, 2.75) is 0 Å². The van der Waals surface area contributed by atoms with Crippen LogP contribution in [0, 0.1) is 0 Å². The Morgan fingerprint density at radius 3 is 1.55 bits per heavy atom. The molecule has 0 aliphatic heterocycles. The molecule has 4 nitrogen and oxygen atoms in total. The lowest BCUT2D eigenvalue weighted by Gasteiger charge is -2.16. The van der Waals surface area contributed by atoms with Crippen molar-refractivity contribution in [3.63, 3.8) is 0 Å². The molecule has 0 saturated carbocycles. The molecule has 4 heteroatoms. The van der Waals surface area contributed by atoms with Gasteiger partial charge in [-0.25, -0.2) is 0 Å². The van der Waals surface area contributed by atoms with Crippen LogP contribution in [0.5, 0.6) is 0 Å². The first-order valence-electron chi connectivity index (χ1n) is 19.1. The van der Waals surface area contributed by atoms with Gasteiger partial charge in [-0.2, -0.15) is 0 Å². The fraction of sp³-hybridized carbons (Fsp3) is 0. The Morgan fingerprint density at radius 2 is 0.821 bits per heavy atom. The molecule has 0 aliphatic rings. The second-order valence-electron chi connectivity index (χ2n) is 14.6. The average molecular weight is 716 g/mol. The molecule has 0 N–H and O–H groups in total. The van der Waals surface area contributed by atoms with Crippen molar-refractivity contribution >= 4 is 87.4 Å². The first kappa shape index (κ1) is 30.9. The number of hydrogen-bond acceptors (Lipinski definition) is 1. The van der Waals surface area contributed by atoms with Crippen LogP contribution in [-0.2, 0) is 0 Å². The van der Waals surface area contributed by atoms with Crippen molar-refractivity contribution in [1.29, 1.82) is 0 Å². The van der Waals surface area contributed by atoms with Crippen LogP contribution in [-0.4, -0.2) is 13.7 Å². The molecule has 0 unspecified atom stereocenters. The predicted octanol–water partition coefficient (Wildman–Crippen LogP) is 14.0. The van der Waals surface area contributed by atoms with Crippen molar-refractivity contribution < 1.29 is 4.42 Å². The molecular formula is C52H33N3O. The summed E-state index contributed by atoms with van der Waals surface area (Å²) in [6, 6.07) is 72.5. The van der Waals surface area contributed by atoms with E-state index in [-0.39, 0.29) is 0 Å². The van der Waals surface area contributed by atoms with Crippen molar-refractivity contribution in [3.05, 3.63) is 200 Å². The minimum atomic E-state index is 0.858. The minimum absolute atomic E-state index is 0.858. The van der Waals surface area contributed by atoms with E-state index >= 15 is 0 Å². The van der Waals surface area contributed by atoms with Gasteiger partial charge in [-0.1, -0.05) is 109 Å². The number of furan rings is 1. The fourth-order valence-electron chi connectivity index (χ4n) is 8.96. The van der Waals surface area contributed by atoms with Gasteiger partial charge in [0.15, 0.2) is 0 Å². The molecule has 3 heterocycles. The lowest BCUT2D eigenvalue weighted by molar-refractivity contribution is 0.669. The maximum Gasteiger partial charge on any atom is 0.135 e. The third kappa shape index (κ3) is 4.60. The Kier molecular flexibility index (Phi) is 6.60. The van der Waals surface area contributed by atoms with E-state index in [1.165, 1.54) is 27.1 Å². The number of hydrogen-bond donors (Lipinski definition) is 0. The summed E-state index contributed by atoms with van der Waals surface area (Å²) in [7, 11) is 0. The Hall–Kier alpha value is -7.56. The molecule has 0 fully saturated rings. The molecule has 56 heavy (non-hydrogen) atoms. The van der Waals surface area contributed by atoms with Crippen molar-refractivity contribution in [3.8, 4) is 17.1 Å². The predicted molar refractivity (Wildman–Crippen MR) is 234 cm³/mol. The molecule has 262 valence electrons. The summed E-state index contributed by atoms with van der Waals surface area (Å²) in [5.74, 6) is 0. The van der Waals surface area contributed by atoms with Gasteiger partial charge < -0.3 is 18.1 Å². The SMILES string of the molecule is c1ccc(-n2c3ccccc3c3cccc(-n4c5cccc(c5)c5cccc(c5)n(-c5cccc6ccccc56)c5ccc6oc7ccc4cc7c6c5)c32)cc1. The van der Waals surface area contributed by atoms with E-state index < -0.39 is 0 Å². The second-order valence-corrected chi connectivity index (χ2v) is 14.6. The van der Waals surface area contributed by atoms with Crippen LogP contribution in [0.25, 0.3) is 104 Å². The molecule has 3 aromatic heterocycles. The number of aromatic nitrogens is 3. The van der Waals surface area contributed by atoms with Crippen molar-refractivity contribution in [2.75, 3.05) is 0 Å². The summed E-state index contributed by atoms with van der Waals surface area (Å²) in [6.07, 6.45) is 0. The van der Waals surface area contributed by atoms with Gasteiger partial charge in [0.2, 0.25) is 0 Å². The third-order valence-corrected chi connectivity index (χ3v) is 11.4. The van der Waals surface area contributed by atoms with Gasteiger partial charge in [-0.3, -0.25) is 0 Å². The van der Waals surface area contributed by atoms with E-state index in [1.807, 2.05) is 0 Å². The standard InChI is InChI=1S/C52H33N3O/c1-2-16-37(17-3-1)55-48-23-7-6-21-43(48)44-22-11-25-49(52(44)55)54-39-19-9-15-36(31-39)35-14-8-18-38(30-35)53(47-24-10-13-34-12-4-5-20-42(34)47)40-26-28-50-45(32-40)46-33-41(54)27-29-51(46)56-50/h1-33H. The van der Waals surface area contributed by atoms with Gasteiger partial charge in [-0.05, 0) is 107 Å². The molecule has 12 rings (SSSR count). The Morgan fingerprint density at radius 1 is 0.304 bits per heavy atom. The Bertz CT molecular complexity index is 3590. The molecule has 9 aromatic carbocycles. The van der Waals surface area contributed by atoms with Crippen LogP contribution in [0.2, 0.25) is 0 Å². The van der Waals surface area contributed by atoms with Gasteiger partial charge in [0.25, 0.3) is 0 Å². The number of fused-ring (bicyclic) bond motifs is 11. The van der Waals surface area contributed by atoms with E-state index in [0.29, 0.717) is 0 Å². The van der Waals surface area contributed by atoms with Crippen LogP contribution in [0.3, 0.4) is 0 Å². The summed E-state index contributed by atoms with van der Waals surface area (Å²) < 4.78 is 13.8. The number of rotatable bonds is 3. The Labute approximate surface area is 321 Å². The molecule has 8 bridgehead atoms. The molecular weight excluding hydrogens is 683 g/mol. The highest BCUT2D eigenvalue weighted by atomic mass is 16.3. The lowest BCUT2D eigenvalue weighted by Crippen LogP contribution is -2.02. The highest BCUT2D eigenvalue weighted by Crippen LogP contribution is 2.38. The number of benzene rings is 9. The van der Waals surface area contributed by atoms with Crippen LogP contribution in [0.1, 0.15) is 0 Å². The zero-order chi connectivity index (χ0) is 36.7. The molecule has 0 aliphatic carbocycles. The largest absolute Gasteiger partial charge is 0.456 e. The zero-order valence-corrected chi connectivity index (χ0v) is 30.3. The molecule has 0 spiro atoms. The van der Waals surface area contributed by atoms with Crippen molar-refractivity contribution in [2.24, 2.45) is 0 Å².